The first kappa shape index (κ1) is 24.0. The summed E-state index contributed by atoms with van der Waals surface area (Å²) in [6.45, 7) is 0.643. The quantitative estimate of drug-likeness (QED) is 0.675. The maximum absolute atomic E-state index is 13.2. The van der Waals surface area contributed by atoms with Crippen molar-refractivity contribution in [1.82, 2.24) is 9.21 Å². The van der Waals surface area contributed by atoms with Crippen LogP contribution in [0.1, 0.15) is 24.8 Å². The van der Waals surface area contributed by atoms with Crippen LogP contribution >= 0.6 is 11.6 Å². The summed E-state index contributed by atoms with van der Waals surface area (Å²) < 4.78 is 33.1. The first-order chi connectivity index (χ1) is 14.6. The average molecular weight is 467 g/mol. The fourth-order valence-electron chi connectivity index (χ4n) is 4.48. The molecule has 2 aromatic rings. The molecule has 0 heterocycles. The van der Waals surface area contributed by atoms with E-state index in [4.69, 9.17) is 16.3 Å². The van der Waals surface area contributed by atoms with E-state index in [2.05, 4.69) is 0 Å². The van der Waals surface area contributed by atoms with Gasteiger partial charge in [0.1, 0.15) is 5.75 Å². The summed E-state index contributed by atoms with van der Waals surface area (Å²) in [6.07, 6.45) is 1.58. The number of aliphatic hydroxyl groups is 1. The summed E-state index contributed by atoms with van der Waals surface area (Å²) >= 11 is 6.02. The molecule has 31 heavy (non-hydrogen) atoms. The van der Waals surface area contributed by atoms with Crippen molar-refractivity contribution >= 4 is 21.6 Å². The zero-order chi connectivity index (χ0) is 22.8. The Morgan fingerprint density at radius 3 is 2.42 bits per heavy atom. The van der Waals surface area contributed by atoms with Crippen LogP contribution in [0.4, 0.5) is 0 Å². The molecule has 3 unspecified atom stereocenters. The fourth-order valence-corrected chi connectivity index (χ4v) is 6.18. The van der Waals surface area contributed by atoms with Crippen molar-refractivity contribution in [1.29, 1.82) is 0 Å². The summed E-state index contributed by atoms with van der Waals surface area (Å²) in [4.78, 5) is 2.22. The minimum atomic E-state index is -3.69. The predicted octanol–water partition coefficient (Wildman–Crippen LogP) is 3.59. The zero-order valence-corrected chi connectivity index (χ0v) is 20.0. The van der Waals surface area contributed by atoms with E-state index in [0.29, 0.717) is 30.8 Å². The summed E-state index contributed by atoms with van der Waals surface area (Å²) in [5.74, 6) is 0.601. The normalized spacial score (nSPS) is 24.5. The molecule has 0 radical (unpaired) electrons. The van der Waals surface area contributed by atoms with Gasteiger partial charge in [-0.2, -0.15) is 4.31 Å². The van der Waals surface area contributed by atoms with Gasteiger partial charge in [-0.3, -0.25) is 0 Å². The molecule has 1 fully saturated rings. The highest BCUT2D eigenvalue weighted by Crippen LogP contribution is 2.44. The van der Waals surface area contributed by atoms with Gasteiger partial charge >= 0.3 is 0 Å². The molecule has 0 aliphatic heterocycles. The number of sulfonamides is 1. The van der Waals surface area contributed by atoms with Gasteiger partial charge in [0.25, 0.3) is 0 Å². The van der Waals surface area contributed by atoms with Crippen LogP contribution in [0.15, 0.2) is 53.4 Å². The van der Waals surface area contributed by atoms with E-state index < -0.39 is 15.6 Å². The topological polar surface area (TPSA) is 70.1 Å². The highest BCUT2D eigenvalue weighted by Gasteiger charge is 2.46. The highest BCUT2D eigenvalue weighted by molar-refractivity contribution is 7.89. The molecule has 1 saturated carbocycles. The van der Waals surface area contributed by atoms with Crippen LogP contribution in [-0.2, 0) is 15.6 Å². The van der Waals surface area contributed by atoms with E-state index in [-0.39, 0.29) is 16.9 Å². The molecule has 1 aliphatic carbocycles. The van der Waals surface area contributed by atoms with Crippen LogP contribution < -0.4 is 4.74 Å². The fraction of sp³-hybridized carbons (Fsp3) is 0.478. The molecule has 0 spiro atoms. The lowest BCUT2D eigenvalue weighted by molar-refractivity contribution is -0.0744. The molecular formula is C23H31ClN2O4S. The lowest BCUT2D eigenvalue weighted by Gasteiger charge is -2.46. The van der Waals surface area contributed by atoms with E-state index in [1.54, 1.807) is 32.4 Å². The van der Waals surface area contributed by atoms with Crippen molar-refractivity contribution < 1.29 is 18.3 Å². The van der Waals surface area contributed by atoms with Crippen LogP contribution in [0.25, 0.3) is 0 Å². The van der Waals surface area contributed by atoms with Crippen molar-refractivity contribution in [2.45, 2.75) is 35.8 Å². The van der Waals surface area contributed by atoms with Gasteiger partial charge in [-0.25, -0.2) is 8.42 Å². The third kappa shape index (κ3) is 5.07. The number of halogens is 1. The van der Waals surface area contributed by atoms with Crippen molar-refractivity contribution in [2.24, 2.45) is 5.92 Å². The standard InChI is InChI=1S/C23H31ClN2O4S/c1-25(2)16-18-14-20(26(3)31(28,29)22-7-5-6-19(24)15-22)12-13-23(18,27)17-8-10-21(30-4)11-9-17/h5-11,15,18,20,27H,12-14,16H2,1-4H3. The van der Waals surface area contributed by atoms with Gasteiger partial charge in [-0.15, -0.1) is 0 Å². The lowest BCUT2D eigenvalue weighted by atomic mass is 9.69. The molecule has 170 valence electrons. The van der Waals surface area contributed by atoms with Gasteiger partial charge in [0.05, 0.1) is 17.6 Å². The molecule has 3 rings (SSSR count). The molecular weight excluding hydrogens is 436 g/mol. The largest absolute Gasteiger partial charge is 0.497 e. The molecule has 0 saturated heterocycles. The Labute approximate surface area is 190 Å². The molecule has 2 aromatic carbocycles. The van der Waals surface area contributed by atoms with Crippen molar-refractivity contribution in [3.8, 4) is 5.75 Å². The zero-order valence-electron chi connectivity index (χ0n) is 18.5. The Bertz CT molecular complexity index is 997. The van der Waals surface area contributed by atoms with Gasteiger partial charge in [0.2, 0.25) is 10.0 Å². The number of nitrogens with zero attached hydrogens (tertiary/aromatic N) is 2. The maximum Gasteiger partial charge on any atom is 0.243 e. The molecule has 0 amide bonds. The van der Waals surface area contributed by atoms with Crippen LogP contribution in [0.2, 0.25) is 5.02 Å². The lowest BCUT2D eigenvalue weighted by Crippen LogP contribution is -2.50. The van der Waals surface area contributed by atoms with Gasteiger partial charge in [0.15, 0.2) is 0 Å². The van der Waals surface area contributed by atoms with Gasteiger partial charge in [-0.05, 0) is 69.3 Å². The third-order valence-corrected chi connectivity index (χ3v) is 8.39. The molecule has 0 aromatic heterocycles. The third-order valence-electron chi connectivity index (χ3n) is 6.25. The Morgan fingerprint density at radius 2 is 1.84 bits per heavy atom. The monoisotopic (exact) mass is 466 g/mol. The van der Waals surface area contributed by atoms with Gasteiger partial charge in [0, 0.05) is 30.6 Å². The van der Waals surface area contributed by atoms with Crippen LogP contribution in [0.5, 0.6) is 5.75 Å². The number of rotatable bonds is 7. The maximum atomic E-state index is 13.2. The van der Waals surface area contributed by atoms with Crippen molar-refractivity contribution in [2.75, 3.05) is 34.8 Å². The number of hydrogen-bond donors (Lipinski definition) is 1. The van der Waals surface area contributed by atoms with E-state index in [1.807, 2.05) is 43.3 Å². The minimum absolute atomic E-state index is 0.133. The minimum Gasteiger partial charge on any atom is -0.497 e. The highest BCUT2D eigenvalue weighted by atomic mass is 35.5. The Balaban J connectivity index is 1.87. The molecule has 6 nitrogen and oxygen atoms in total. The second kappa shape index (κ2) is 9.46. The van der Waals surface area contributed by atoms with Crippen LogP contribution in [-0.4, -0.2) is 63.6 Å². The summed E-state index contributed by atoms with van der Waals surface area (Å²) in [5.41, 5.74) is -0.202. The number of benzene rings is 2. The second-order valence-electron chi connectivity index (χ2n) is 8.52. The van der Waals surface area contributed by atoms with E-state index in [1.165, 1.54) is 10.4 Å². The van der Waals surface area contributed by atoms with Crippen LogP contribution in [0.3, 0.4) is 0 Å². The molecule has 0 bridgehead atoms. The van der Waals surface area contributed by atoms with E-state index >= 15 is 0 Å². The van der Waals surface area contributed by atoms with Gasteiger partial charge < -0.3 is 14.7 Å². The summed E-state index contributed by atoms with van der Waals surface area (Å²) in [5, 5.41) is 12.1. The van der Waals surface area contributed by atoms with Gasteiger partial charge in [-0.1, -0.05) is 29.8 Å². The molecule has 3 atom stereocenters. The molecule has 8 heteroatoms. The molecule has 1 aliphatic rings. The number of ether oxygens (including phenoxy) is 1. The first-order valence-electron chi connectivity index (χ1n) is 10.3. The number of hydrogen-bond acceptors (Lipinski definition) is 5. The van der Waals surface area contributed by atoms with Crippen LogP contribution in [0, 0.1) is 5.92 Å². The number of methoxy groups -OCH3 is 1. The smallest absolute Gasteiger partial charge is 0.243 e. The van der Waals surface area contributed by atoms with E-state index in [0.717, 1.165) is 11.3 Å². The second-order valence-corrected chi connectivity index (χ2v) is 11.0. The Kier molecular flexibility index (Phi) is 7.33. The average Bonchev–Trinajstić information content (AvgIpc) is 2.74. The Morgan fingerprint density at radius 1 is 1.16 bits per heavy atom. The SMILES string of the molecule is COc1ccc(C2(O)CCC(N(C)S(=O)(=O)c3cccc(Cl)c3)CC2CN(C)C)cc1. The Hall–Kier alpha value is -1.64. The van der Waals surface area contributed by atoms with E-state index in [9.17, 15) is 13.5 Å². The summed E-state index contributed by atoms with van der Waals surface area (Å²) in [6, 6.07) is 13.6. The van der Waals surface area contributed by atoms with Crippen molar-refractivity contribution in [3.63, 3.8) is 0 Å². The molecule has 1 N–H and O–H groups in total. The first-order valence-corrected chi connectivity index (χ1v) is 12.1. The van der Waals surface area contributed by atoms with Crippen molar-refractivity contribution in [3.05, 3.63) is 59.1 Å². The summed E-state index contributed by atoms with van der Waals surface area (Å²) in [7, 11) is 3.47. The predicted molar refractivity (Wildman–Crippen MR) is 123 cm³/mol.